The summed E-state index contributed by atoms with van der Waals surface area (Å²) in [5, 5.41) is 7.17. The third kappa shape index (κ3) is 6.54. The first-order valence-corrected chi connectivity index (χ1v) is 10.9. The van der Waals surface area contributed by atoms with Gasteiger partial charge in [-0.3, -0.25) is 9.89 Å². The largest absolute Gasteiger partial charge is 0.497 e. The molecule has 2 saturated heterocycles. The Morgan fingerprint density at radius 3 is 2.47 bits per heavy atom. The van der Waals surface area contributed by atoms with Crippen LogP contribution in [0.4, 0.5) is 5.69 Å². The Labute approximate surface area is 198 Å². The molecule has 2 atom stereocenters. The molecule has 2 fully saturated rings. The minimum absolute atomic E-state index is 0. The average molecular weight is 531 g/mol. The topological polar surface area (TPSA) is 61.4 Å². The van der Waals surface area contributed by atoms with Crippen molar-refractivity contribution in [2.24, 2.45) is 4.99 Å². The van der Waals surface area contributed by atoms with Crippen LogP contribution in [0.3, 0.4) is 0 Å². The van der Waals surface area contributed by atoms with Gasteiger partial charge in [0.25, 0.3) is 0 Å². The number of anilines is 1. The van der Waals surface area contributed by atoms with Gasteiger partial charge in [-0.25, -0.2) is 0 Å². The van der Waals surface area contributed by atoms with Crippen molar-refractivity contribution in [3.63, 3.8) is 0 Å². The van der Waals surface area contributed by atoms with Crippen molar-refractivity contribution in [1.29, 1.82) is 0 Å². The van der Waals surface area contributed by atoms with Crippen LogP contribution in [0.1, 0.15) is 32.6 Å². The molecule has 0 aromatic heterocycles. The number of rotatable bonds is 7. The van der Waals surface area contributed by atoms with Crippen LogP contribution in [-0.4, -0.2) is 76.9 Å². The van der Waals surface area contributed by atoms with Crippen molar-refractivity contribution in [3.8, 4) is 11.5 Å². The number of halogens is 1. The second-order valence-corrected chi connectivity index (χ2v) is 7.88. The summed E-state index contributed by atoms with van der Waals surface area (Å²) in [6.07, 6.45) is 5.00. The minimum atomic E-state index is 0. The lowest BCUT2D eigenvalue weighted by Crippen LogP contribution is -2.51. The molecule has 3 rings (SSSR count). The average Bonchev–Trinajstić information content (AvgIpc) is 3.24. The maximum Gasteiger partial charge on any atom is 0.191 e. The van der Waals surface area contributed by atoms with Gasteiger partial charge >= 0.3 is 0 Å². The SMILES string of the molecule is CCN1CCCCC1CNC(=NC)NC1CCN(c2cc(OC)cc(OC)c2)C1.I. The summed E-state index contributed by atoms with van der Waals surface area (Å²) >= 11 is 0. The van der Waals surface area contributed by atoms with Crippen molar-refractivity contribution < 1.29 is 9.47 Å². The number of nitrogens with zero attached hydrogens (tertiary/aromatic N) is 3. The number of guanidine groups is 1. The number of ether oxygens (including phenoxy) is 2. The van der Waals surface area contributed by atoms with E-state index in [9.17, 15) is 0 Å². The number of nitrogens with one attached hydrogen (secondary N) is 2. The Bertz CT molecular complexity index is 665. The van der Waals surface area contributed by atoms with Gasteiger partial charge in [0.15, 0.2) is 5.96 Å². The van der Waals surface area contributed by atoms with E-state index < -0.39 is 0 Å². The first-order chi connectivity index (χ1) is 14.2. The number of likely N-dealkylation sites (N-methyl/N-ethyl adjacent to an activating group) is 1. The van der Waals surface area contributed by atoms with E-state index in [4.69, 9.17) is 9.47 Å². The van der Waals surface area contributed by atoms with Crippen molar-refractivity contribution in [2.45, 2.75) is 44.7 Å². The lowest BCUT2D eigenvalue weighted by Gasteiger charge is -2.35. The molecule has 2 unspecified atom stereocenters. The molecule has 8 heteroatoms. The predicted octanol–water partition coefficient (Wildman–Crippen LogP) is 2.94. The van der Waals surface area contributed by atoms with Crippen molar-refractivity contribution in [3.05, 3.63) is 18.2 Å². The first-order valence-electron chi connectivity index (χ1n) is 10.9. The molecule has 1 aromatic rings. The summed E-state index contributed by atoms with van der Waals surface area (Å²) in [5.74, 6) is 2.55. The Kier molecular flexibility index (Phi) is 10.3. The molecule has 1 aromatic carbocycles. The van der Waals surface area contributed by atoms with Crippen LogP contribution >= 0.6 is 24.0 Å². The number of aliphatic imine (C=N–C) groups is 1. The maximum atomic E-state index is 5.42. The first kappa shape index (κ1) is 24.8. The fourth-order valence-electron chi connectivity index (χ4n) is 4.40. The Morgan fingerprint density at radius 2 is 1.83 bits per heavy atom. The number of likely N-dealkylation sites (tertiary alicyclic amines) is 1. The van der Waals surface area contributed by atoms with Crippen LogP contribution in [0.2, 0.25) is 0 Å². The molecule has 0 bridgehead atoms. The van der Waals surface area contributed by atoms with Gasteiger partial charge < -0.3 is 25.0 Å². The lowest BCUT2D eigenvalue weighted by molar-refractivity contribution is 0.157. The van der Waals surface area contributed by atoms with Gasteiger partial charge in [0, 0.05) is 62.7 Å². The standard InChI is InChI=1S/C22H37N5O2.HI/c1-5-26-10-7-6-8-18(26)15-24-22(23-2)25-17-9-11-27(16-17)19-12-20(28-3)14-21(13-19)29-4;/h12-14,17-18H,5-11,15-16H2,1-4H3,(H2,23,24,25);1H. The molecule has 2 aliphatic heterocycles. The van der Waals surface area contributed by atoms with Crippen LogP contribution in [0.25, 0.3) is 0 Å². The van der Waals surface area contributed by atoms with E-state index in [0.717, 1.165) is 55.7 Å². The highest BCUT2D eigenvalue weighted by Crippen LogP contribution is 2.30. The highest BCUT2D eigenvalue weighted by Gasteiger charge is 2.25. The molecule has 170 valence electrons. The Hall–Kier alpha value is -1.42. The maximum absolute atomic E-state index is 5.42. The highest BCUT2D eigenvalue weighted by atomic mass is 127. The minimum Gasteiger partial charge on any atom is -0.497 e. The van der Waals surface area contributed by atoms with Crippen LogP contribution in [-0.2, 0) is 0 Å². The number of methoxy groups -OCH3 is 2. The summed E-state index contributed by atoms with van der Waals surface area (Å²) < 4.78 is 10.8. The molecule has 0 spiro atoms. The van der Waals surface area contributed by atoms with Crippen LogP contribution in [0.5, 0.6) is 11.5 Å². The molecular formula is C22H38IN5O2. The monoisotopic (exact) mass is 531 g/mol. The van der Waals surface area contributed by atoms with Gasteiger partial charge in [-0.15, -0.1) is 24.0 Å². The molecular weight excluding hydrogens is 493 g/mol. The van der Waals surface area contributed by atoms with Crippen molar-refractivity contribution in [2.75, 3.05) is 58.9 Å². The second kappa shape index (κ2) is 12.4. The summed E-state index contributed by atoms with van der Waals surface area (Å²) in [6.45, 7) is 7.48. The van der Waals surface area contributed by atoms with Gasteiger partial charge in [0.05, 0.1) is 14.2 Å². The van der Waals surface area contributed by atoms with E-state index in [1.165, 1.54) is 25.8 Å². The molecule has 0 amide bonds. The quantitative estimate of drug-likeness (QED) is 0.321. The van der Waals surface area contributed by atoms with Gasteiger partial charge in [-0.1, -0.05) is 13.3 Å². The van der Waals surface area contributed by atoms with E-state index in [1.807, 2.05) is 13.1 Å². The molecule has 30 heavy (non-hydrogen) atoms. The van der Waals surface area contributed by atoms with Gasteiger partial charge in [-0.2, -0.15) is 0 Å². The third-order valence-electron chi connectivity index (χ3n) is 6.11. The molecule has 0 aliphatic carbocycles. The molecule has 2 N–H and O–H groups in total. The van der Waals surface area contributed by atoms with E-state index in [-0.39, 0.29) is 24.0 Å². The number of hydrogen-bond acceptors (Lipinski definition) is 5. The fraction of sp³-hybridized carbons (Fsp3) is 0.682. The van der Waals surface area contributed by atoms with Crippen molar-refractivity contribution >= 4 is 35.6 Å². The van der Waals surface area contributed by atoms with Crippen LogP contribution < -0.4 is 25.0 Å². The summed E-state index contributed by atoms with van der Waals surface area (Å²) in [6, 6.07) is 7.02. The number of benzene rings is 1. The molecule has 0 radical (unpaired) electrons. The molecule has 2 aliphatic rings. The highest BCUT2D eigenvalue weighted by molar-refractivity contribution is 14.0. The lowest BCUT2D eigenvalue weighted by atomic mass is 10.0. The van der Waals surface area contributed by atoms with Crippen LogP contribution in [0.15, 0.2) is 23.2 Å². The zero-order valence-corrected chi connectivity index (χ0v) is 21.1. The van der Waals surface area contributed by atoms with E-state index >= 15 is 0 Å². The molecule has 0 saturated carbocycles. The van der Waals surface area contributed by atoms with E-state index in [1.54, 1.807) is 14.2 Å². The normalized spacial score (nSPS) is 22.4. The Balaban J connectivity index is 0.00000320. The zero-order valence-electron chi connectivity index (χ0n) is 18.8. The van der Waals surface area contributed by atoms with Crippen LogP contribution in [0, 0.1) is 0 Å². The Morgan fingerprint density at radius 1 is 1.10 bits per heavy atom. The summed E-state index contributed by atoms with van der Waals surface area (Å²) in [4.78, 5) is 9.41. The van der Waals surface area contributed by atoms with Gasteiger partial charge in [0.1, 0.15) is 11.5 Å². The summed E-state index contributed by atoms with van der Waals surface area (Å²) in [7, 11) is 5.23. The summed E-state index contributed by atoms with van der Waals surface area (Å²) in [5.41, 5.74) is 1.13. The number of hydrogen-bond donors (Lipinski definition) is 2. The van der Waals surface area contributed by atoms with Gasteiger partial charge in [-0.05, 0) is 32.4 Å². The molecule has 2 heterocycles. The molecule has 7 nitrogen and oxygen atoms in total. The van der Waals surface area contributed by atoms with E-state index in [2.05, 4.69) is 44.5 Å². The third-order valence-corrected chi connectivity index (χ3v) is 6.11. The van der Waals surface area contributed by atoms with Gasteiger partial charge in [0.2, 0.25) is 0 Å². The number of piperidine rings is 1. The smallest absolute Gasteiger partial charge is 0.191 e. The predicted molar refractivity (Wildman–Crippen MR) is 135 cm³/mol. The van der Waals surface area contributed by atoms with E-state index in [0.29, 0.717) is 12.1 Å². The van der Waals surface area contributed by atoms with Crippen molar-refractivity contribution in [1.82, 2.24) is 15.5 Å². The fourth-order valence-corrected chi connectivity index (χ4v) is 4.40. The zero-order chi connectivity index (χ0) is 20.6. The second-order valence-electron chi connectivity index (χ2n) is 7.88.